The van der Waals surface area contributed by atoms with Gasteiger partial charge in [-0.15, -0.1) is 0 Å². The van der Waals surface area contributed by atoms with Gasteiger partial charge in [-0.3, -0.25) is 14.7 Å². The fraction of sp³-hybridized carbons (Fsp3) is 0.278. The van der Waals surface area contributed by atoms with Gasteiger partial charge >= 0.3 is 6.03 Å². The first-order valence-corrected chi connectivity index (χ1v) is 8.49. The number of aromatic nitrogens is 1. The second kappa shape index (κ2) is 7.98. The quantitative estimate of drug-likeness (QED) is 0.862. The number of amides is 3. The Balaban J connectivity index is 1.48. The Hall–Kier alpha value is -2.60. The predicted octanol–water partition coefficient (Wildman–Crippen LogP) is 2.34. The molecule has 0 unspecified atom stereocenters. The number of benzene rings is 1. The number of nitrogens with zero attached hydrogens (tertiary/aromatic N) is 3. The van der Waals surface area contributed by atoms with E-state index in [9.17, 15) is 9.59 Å². The van der Waals surface area contributed by atoms with E-state index in [-0.39, 0.29) is 18.5 Å². The second-order valence-electron chi connectivity index (χ2n) is 5.79. The first-order valence-electron chi connectivity index (χ1n) is 8.11. The molecule has 1 aliphatic rings. The van der Waals surface area contributed by atoms with Crippen molar-refractivity contribution in [1.82, 2.24) is 15.2 Å². The molecule has 6 nitrogen and oxygen atoms in total. The highest BCUT2D eigenvalue weighted by molar-refractivity contribution is 6.30. The summed E-state index contributed by atoms with van der Waals surface area (Å²) in [5, 5.41) is 3.43. The smallest absolute Gasteiger partial charge is 0.325 e. The van der Waals surface area contributed by atoms with Crippen molar-refractivity contribution >= 4 is 29.2 Å². The van der Waals surface area contributed by atoms with E-state index in [4.69, 9.17) is 11.6 Å². The molecule has 130 valence electrons. The zero-order valence-corrected chi connectivity index (χ0v) is 14.4. The van der Waals surface area contributed by atoms with E-state index in [2.05, 4.69) is 10.3 Å². The van der Waals surface area contributed by atoms with E-state index < -0.39 is 0 Å². The third-order valence-electron chi connectivity index (χ3n) is 4.03. The first-order chi connectivity index (χ1) is 12.1. The molecular formula is C18H19ClN4O2. The third-order valence-corrected chi connectivity index (χ3v) is 4.27. The summed E-state index contributed by atoms with van der Waals surface area (Å²) >= 11 is 5.98. The monoisotopic (exact) mass is 358 g/mol. The number of anilines is 1. The van der Waals surface area contributed by atoms with Crippen LogP contribution in [0.1, 0.15) is 5.56 Å². The van der Waals surface area contributed by atoms with E-state index in [1.807, 2.05) is 18.2 Å². The van der Waals surface area contributed by atoms with Crippen LogP contribution in [-0.2, 0) is 11.2 Å². The average Bonchev–Trinajstić information content (AvgIpc) is 2.96. The number of halogens is 1. The highest BCUT2D eigenvalue weighted by Gasteiger charge is 2.30. The third kappa shape index (κ3) is 4.48. The topological polar surface area (TPSA) is 65.5 Å². The molecule has 1 fully saturated rings. The molecule has 0 spiro atoms. The number of hydrogen-bond donors (Lipinski definition) is 1. The predicted molar refractivity (Wildman–Crippen MR) is 96.7 cm³/mol. The van der Waals surface area contributed by atoms with Crippen LogP contribution in [-0.4, -0.2) is 48.0 Å². The number of rotatable bonds is 6. The fourth-order valence-electron chi connectivity index (χ4n) is 2.74. The van der Waals surface area contributed by atoms with Crippen LogP contribution in [0.2, 0.25) is 5.02 Å². The maximum Gasteiger partial charge on any atom is 0.325 e. The molecule has 25 heavy (non-hydrogen) atoms. The number of pyridine rings is 1. The van der Waals surface area contributed by atoms with E-state index in [1.54, 1.807) is 40.4 Å². The van der Waals surface area contributed by atoms with Crippen LogP contribution in [0.3, 0.4) is 0 Å². The van der Waals surface area contributed by atoms with Gasteiger partial charge < -0.3 is 10.2 Å². The highest BCUT2D eigenvalue weighted by atomic mass is 35.5. The van der Waals surface area contributed by atoms with Crippen molar-refractivity contribution in [3.05, 3.63) is 59.4 Å². The molecule has 1 N–H and O–H groups in total. The summed E-state index contributed by atoms with van der Waals surface area (Å²) < 4.78 is 0. The van der Waals surface area contributed by atoms with Crippen molar-refractivity contribution in [3.8, 4) is 0 Å². The maximum absolute atomic E-state index is 12.5. The number of carbonyl (C=O) groups is 2. The van der Waals surface area contributed by atoms with Crippen molar-refractivity contribution in [2.24, 2.45) is 0 Å². The molecule has 1 aromatic carbocycles. The molecular weight excluding hydrogens is 340 g/mol. The number of carbonyl (C=O) groups excluding carboxylic acids is 2. The lowest BCUT2D eigenvalue weighted by Gasteiger charge is -2.18. The largest absolute Gasteiger partial charge is 0.354 e. The maximum atomic E-state index is 12.5. The average molecular weight is 359 g/mol. The van der Waals surface area contributed by atoms with E-state index in [0.29, 0.717) is 24.7 Å². The normalized spacial score (nSPS) is 14.0. The Kier molecular flexibility index (Phi) is 5.50. The minimum Gasteiger partial charge on any atom is -0.354 e. The standard InChI is InChI=1S/C18H19ClN4O2/c19-15-2-1-3-16(12-15)23-11-10-22(18(23)25)13-17(24)21-9-6-14-4-7-20-8-5-14/h1-5,7-8,12H,6,9-11,13H2,(H,21,24). The second-order valence-corrected chi connectivity index (χ2v) is 6.23. The van der Waals surface area contributed by atoms with Crippen LogP contribution in [0, 0.1) is 0 Å². The molecule has 3 rings (SSSR count). The number of urea groups is 1. The fourth-order valence-corrected chi connectivity index (χ4v) is 2.92. The molecule has 1 aliphatic heterocycles. The molecule has 0 saturated carbocycles. The van der Waals surface area contributed by atoms with Gasteiger partial charge in [-0.2, -0.15) is 0 Å². The van der Waals surface area contributed by atoms with Crippen molar-refractivity contribution in [2.75, 3.05) is 31.1 Å². The first kappa shape index (κ1) is 17.2. The molecule has 0 radical (unpaired) electrons. The SMILES string of the molecule is O=C(CN1CCN(c2cccc(Cl)c2)C1=O)NCCc1ccncc1. The van der Waals surface area contributed by atoms with E-state index in [0.717, 1.165) is 17.7 Å². The van der Waals surface area contributed by atoms with E-state index in [1.165, 1.54) is 0 Å². The summed E-state index contributed by atoms with van der Waals surface area (Å²) in [6.45, 7) is 1.65. The summed E-state index contributed by atoms with van der Waals surface area (Å²) in [6, 6.07) is 10.8. The molecule has 7 heteroatoms. The van der Waals surface area contributed by atoms with Crippen LogP contribution in [0.15, 0.2) is 48.8 Å². The lowest BCUT2D eigenvalue weighted by molar-refractivity contribution is -0.121. The van der Waals surface area contributed by atoms with Gasteiger partial charge in [-0.05, 0) is 42.3 Å². The van der Waals surface area contributed by atoms with Crippen LogP contribution in [0.25, 0.3) is 0 Å². The lowest BCUT2D eigenvalue weighted by atomic mass is 10.2. The van der Waals surface area contributed by atoms with Gasteiger partial charge in [-0.1, -0.05) is 17.7 Å². The molecule has 1 saturated heterocycles. The Bertz CT molecular complexity index is 754. The minimum absolute atomic E-state index is 0.0618. The Labute approximate surface area is 151 Å². The van der Waals surface area contributed by atoms with Crippen LogP contribution in [0.4, 0.5) is 10.5 Å². The molecule has 1 aromatic heterocycles. The zero-order chi connectivity index (χ0) is 17.6. The number of hydrogen-bond acceptors (Lipinski definition) is 3. The van der Waals surface area contributed by atoms with E-state index >= 15 is 0 Å². The van der Waals surface area contributed by atoms with Gasteiger partial charge in [0.15, 0.2) is 0 Å². The van der Waals surface area contributed by atoms with Crippen molar-refractivity contribution in [3.63, 3.8) is 0 Å². The molecule has 2 aromatic rings. The van der Waals surface area contributed by atoms with Crippen molar-refractivity contribution in [1.29, 1.82) is 0 Å². The Morgan fingerprint density at radius 1 is 1.20 bits per heavy atom. The Morgan fingerprint density at radius 3 is 2.76 bits per heavy atom. The molecule has 0 bridgehead atoms. The molecule has 0 atom stereocenters. The van der Waals surface area contributed by atoms with Crippen LogP contribution < -0.4 is 10.2 Å². The van der Waals surface area contributed by atoms with Gasteiger partial charge in [-0.25, -0.2) is 4.79 Å². The van der Waals surface area contributed by atoms with Gasteiger partial charge in [0.25, 0.3) is 0 Å². The van der Waals surface area contributed by atoms with Crippen LogP contribution >= 0.6 is 11.6 Å². The molecule has 3 amide bonds. The summed E-state index contributed by atoms with van der Waals surface area (Å²) in [5.41, 5.74) is 1.86. The lowest BCUT2D eigenvalue weighted by Crippen LogP contribution is -2.40. The van der Waals surface area contributed by atoms with Gasteiger partial charge in [0.05, 0.1) is 0 Å². The zero-order valence-electron chi connectivity index (χ0n) is 13.7. The van der Waals surface area contributed by atoms with Gasteiger partial charge in [0.1, 0.15) is 6.54 Å². The highest BCUT2D eigenvalue weighted by Crippen LogP contribution is 2.23. The molecule has 0 aliphatic carbocycles. The molecule has 2 heterocycles. The van der Waals surface area contributed by atoms with Gasteiger partial charge in [0, 0.05) is 42.7 Å². The minimum atomic E-state index is -0.174. The summed E-state index contributed by atoms with van der Waals surface area (Å²) in [7, 11) is 0. The summed E-state index contributed by atoms with van der Waals surface area (Å²) in [5.74, 6) is -0.157. The van der Waals surface area contributed by atoms with Crippen molar-refractivity contribution in [2.45, 2.75) is 6.42 Å². The van der Waals surface area contributed by atoms with Gasteiger partial charge in [0.2, 0.25) is 5.91 Å². The van der Waals surface area contributed by atoms with Crippen molar-refractivity contribution < 1.29 is 9.59 Å². The number of nitrogens with one attached hydrogen (secondary N) is 1. The Morgan fingerprint density at radius 2 is 2.00 bits per heavy atom. The summed E-state index contributed by atoms with van der Waals surface area (Å²) in [4.78, 5) is 31.7. The summed E-state index contributed by atoms with van der Waals surface area (Å²) in [6.07, 6.45) is 4.19. The van der Waals surface area contributed by atoms with Crippen LogP contribution in [0.5, 0.6) is 0 Å².